The quantitative estimate of drug-likeness (QED) is 0.0808. The Hall–Kier alpha value is -6.41. The van der Waals surface area contributed by atoms with Gasteiger partial charge in [-0.15, -0.1) is 0 Å². The van der Waals surface area contributed by atoms with E-state index in [1.807, 2.05) is 60.7 Å². The van der Waals surface area contributed by atoms with Crippen molar-refractivity contribution in [2.24, 2.45) is 0 Å². The number of carboxylic acids is 4. The number of carbonyl (C=O) groups excluding carboxylic acids is 4. The summed E-state index contributed by atoms with van der Waals surface area (Å²) in [6, 6.07) is 39.8. The zero-order valence-corrected chi connectivity index (χ0v) is 41.6. The average Bonchev–Trinajstić information content (AvgIpc) is 3.25. The van der Waals surface area contributed by atoms with Crippen LogP contribution in [-0.2, 0) is 58.1 Å². The van der Waals surface area contributed by atoms with Crippen LogP contribution in [0.3, 0.4) is 0 Å². The number of aliphatic carboxylic acids is 4. The number of aromatic nitrogens is 2. The van der Waals surface area contributed by atoms with E-state index in [0.29, 0.717) is 11.8 Å². The molecular weight excluding hydrogens is 1170 g/mol. The molecule has 0 atom stereocenters. The second-order valence-electron chi connectivity index (χ2n) is 14.1. The smallest absolute Gasteiger partial charge is 0.618 e. The number of hydrogen-bond acceptors (Lipinski definition) is 10. The predicted octanol–water partition coefficient (Wildman–Crippen LogP) is 6.37. The molecule has 0 saturated heterocycles. The predicted molar refractivity (Wildman–Crippen MR) is 221 cm³/mol. The van der Waals surface area contributed by atoms with Gasteiger partial charge in [-0.05, 0) is 61.1 Å². The Bertz CT molecular complexity index is 2290. The van der Waals surface area contributed by atoms with Crippen molar-refractivity contribution in [2.45, 2.75) is 78.1 Å². The molecule has 2 heterocycles. The van der Waals surface area contributed by atoms with Gasteiger partial charge in [0.05, 0.1) is 0 Å². The van der Waals surface area contributed by atoms with Crippen molar-refractivity contribution in [2.75, 3.05) is 0 Å². The van der Waals surface area contributed by atoms with Gasteiger partial charge in [0.1, 0.15) is 23.9 Å². The number of halogens is 12. The molecule has 2 aromatic heterocycles. The van der Waals surface area contributed by atoms with Gasteiger partial charge in [0.2, 0.25) is 11.0 Å². The van der Waals surface area contributed by atoms with Crippen LogP contribution in [0.5, 0.6) is 0 Å². The second kappa shape index (κ2) is 34.0. The van der Waals surface area contributed by atoms with Crippen LogP contribution in [0.2, 0.25) is 0 Å². The fourth-order valence-corrected chi connectivity index (χ4v) is 4.17. The normalized spacial score (nSPS) is 10.4. The van der Waals surface area contributed by atoms with Gasteiger partial charge in [-0.3, -0.25) is 0 Å². The standard InChI is InChI=1S/2C10H14.2C9H7NO.4C2HF3O2.2Ru/c2*1-8(2)10-6-4-9(3)5-7-10;2*11-10-7-3-5-8-4-1-2-6-9(8)10;4*3-2(4,5)1(6)7;;/h2*4-8H,1-3H3;2*1-7H;4*(H,6,7);;/q;;;;;;;;2*+2/p-4. The van der Waals surface area contributed by atoms with E-state index in [4.69, 9.17) is 39.6 Å². The van der Waals surface area contributed by atoms with Crippen molar-refractivity contribution >= 4 is 45.7 Å². The molecule has 6 rings (SSSR count). The van der Waals surface area contributed by atoms with E-state index < -0.39 is 48.6 Å². The monoisotopic (exact) mass is 1210 g/mol. The zero-order valence-electron chi connectivity index (χ0n) is 38.1. The topological polar surface area (TPSA) is 214 Å². The first kappa shape index (κ1) is 72.1. The number of para-hydroxylation sites is 2. The van der Waals surface area contributed by atoms with Crippen LogP contribution >= 0.6 is 0 Å². The summed E-state index contributed by atoms with van der Waals surface area (Å²) in [5.41, 5.74) is 6.95. The molecule has 0 radical (unpaired) electrons. The van der Waals surface area contributed by atoms with E-state index in [-0.39, 0.29) is 39.0 Å². The summed E-state index contributed by atoms with van der Waals surface area (Å²) in [4.78, 5) is 35.1. The summed E-state index contributed by atoms with van der Waals surface area (Å²) in [5, 5.41) is 59.3. The van der Waals surface area contributed by atoms with Crippen molar-refractivity contribution in [1.82, 2.24) is 0 Å². The van der Waals surface area contributed by atoms with Crippen molar-refractivity contribution < 1.29 is 141 Å². The average molecular weight is 1210 g/mol. The molecule has 0 fully saturated rings. The Labute approximate surface area is 429 Å². The zero-order chi connectivity index (χ0) is 54.8. The summed E-state index contributed by atoms with van der Waals surface area (Å²) in [6.45, 7) is 13.1. The first-order valence-corrected chi connectivity index (χ1v) is 19.3. The number of carboxylic acid groups (broad SMARTS) is 4. The van der Waals surface area contributed by atoms with Crippen molar-refractivity contribution in [3.63, 3.8) is 0 Å². The first-order chi connectivity index (χ1) is 31.9. The summed E-state index contributed by atoms with van der Waals surface area (Å²) in [7, 11) is 0. The van der Waals surface area contributed by atoms with Crippen LogP contribution in [0.25, 0.3) is 21.8 Å². The first-order valence-electron chi connectivity index (χ1n) is 19.3. The molecule has 0 N–H and O–H groups in total. The Morgan fingerprint density at radius 3 is 0.764 bits per heavy atom. The SMILES string of the molecule is Cc1ccc(C(C)C)cc1.Cc1ccc(C(C)C)cc1.O=C([O-])C(F)(F)F.O=C([O-])C(F)(F)F.O=C([O-])C(F)(F)F.O=C([O-])C(F)(F)F.[O-][n+]1cccc2ccccc21.[O-][n+]1cccc2ccccc21.[Ru+2].[Ru+2]. The molecule has 0 unspecified atom stereocenters. The number of hydrogen-bond donors (Lipinski definition) is 0. The van der Waals surface area contributed by atoms with Gasteiger partial charge in [0, 0.05) is 35.0 Å². The number of carbonyl (C=O) groups is 4. The molecule has 0 aliphatic rings. The molecular formula is C46H42F12N2O10Ru2. The third-order valence-electron chi connectivity index (χ3n) is 7.76. The summed E-state index contributed by atoms with van der Waals surface area (Å²) < 4.78 is 128. The summed E-state index contributed by atoms with van der Waals surface area (Å²) >= 11 is 0. The number of aryl methyl sites for hydroxylation is 2. The van der Waals surface area contributed by atoms with Crippen LogP contribution in [-0.4, -0.2) is 48.6 Å². The second-order valence-corrected chi connectivity index (χ2v) is 14.1. The van der Waals surface area contributed by atoms with E-state index in [1.165, 1.54) is 34.6 Å². The maximum absolute atomic E-state index is 11.1. The molecule has 72 heavy (non-hydrogen) atoms. The molecule has 4 aromatic carbocycles. The Kier molecular flexibility index (Phi) is 34.1. The summed E-state index contributed by atoms with van der Waals surface area (Å²) in [5.74, 6) is -10.7. The third-order valence-corrected chi connectivity index (χ3v) is 7.76. The molecule has 396 valence electrons. The molecule has 0 aliphatic carbocycles. The van der Waals surface area contributed by atoms with Crippen molar-refractivity contribution in [3.05, 3.63) is 166 Å². The van der Waals surface area contributed by atoms with Crippen LogP contribution in [0.1, 0.15) is 61.8 Å². The largest absolute Gasteiger partial charge is 2.00 e. The van der Waals surface area contributed by atoms with E-state index in [1.54, 1.807) is 12.1 Å². The summed E-state index contributed by atoms with van der Waals surface area (Å²) in [6.07, 6.45) is -17.8. The van der Waals surface area contributed by atoms with Gasteiger partial charge in [0.15, 0.2) is 12.4 Å². The fourth-order valence-electron chi connectivity index (χ4n) is 4.17. The molecule has 0 amide bonds. The van der Waals surface area contributed by atoms with E-state index >= 15 is 0 Å². The molecule has 26 heteroatoms. The number of benzene rings is 4. The number of nitrogens with zero attached hydrogens (tertiary/aromatic N) is 2. The molecule has 0 spiro atoms. The van der Waals surface area contributed by atoms with Gasteiger partial charge >= 0.3 is 63.7 Å². The number of rotatable bonds is 2. The van der Waals surface area contributed by atoms with Gasteiger partial charge in [-0.1, -0.05) is 112 Å². The van der Waals surface area contributed by atoms with Crippen molar-refractivity contribution in [3.8, 4) is 0 Å². The minimum atomic E-state index is -5.19. The molecule has 0 saturated carbocycles. The minimum absolute atomic E-state index is 0. The molecule has 6 aromatic rings. The van der Waals surface area contributed by atoms with E-state index in [0.717, 1.165) is 31.3 Å². The Balaban J connectivity index is -0.000000369. The van der Waals surface area contributed by atoms with Gasteiger partial charge < -0.3 is 50.0 Å². The minimum Gasteiger partial charge on any atom is -0.618 e. The van der Waals surface area contributed by atoms with Crippen LogP contribution in [0.15, 0.2) is 134 Å². The number of pyridine rings is 2. The fraction of sp³-hybridized carbons (Fsp3) is 0.261. The van der Waals surface area contributed by atoms with Crippen LogP contribution in [0.4, 0.5) is 52.7 Å². The van der Waals surface area contributed by atoms with Crippen molar-refractivity contribution in [1.29, 1.82) is 0 Å². The third kappa shape index (κ3) is 32.5. The van der Waals surface area contributed by atoms with Gasteiger partial charge in [-0.2, -0.15) is 62.1 Å². The maximum atomic E-state index is 11.1. The molecule has 0 aliphatic heterocycles. The maximum Gasteiger partial charge on any atom is 2.00 e. The van der Waals surface area contributed by atoms with Gasteiger partial charge in [0.25, 0.3) is 0 Å². The van der Waals surface area contributed by atoms with Gasteiger partial charge in [-0.25, -0.2) is 0 Å². The number of fused-ring (bicyclic) bond motifs is 2. The van der Waals surface area contributed by atoms with Crippen LogP contribution < -0.4 is 29.9 Å². The Morgan fingerprint density at radius 1 is 0.389 bits per heavy atom. The Morgan fingerprint density at radius 2 is 0.583 bits per heavy atom. The number of alkyl halides is 12. The van der Waals surface area contributed by atoms with E-state index in [9.17, 15) is 63.1 Å². The van der Waals surface area contributed by atoms with E-state index in [2.05, 4.69) is 90.1 Å². The van der Waals surface area contributed by atoms with Crippen LogP contribution in [0, 0.1) is 24.3 Å². The molecule has 0 bridgehead atoms. The molecule has 12 nitrogen and oxygen atoms in total.